The molecule has 0 aliphatic carbocycles. The first-order chi connectivity index (χ1) is 6.34. The summed E-state index contributed by atoms with van der Waals surface area (Å²) in [7, 11) is 0. The molecule has 0 atom stereocenters. The number of thioether (sulfide) groups is 2. The van der Waals surface area contributed by atoms with Crippen LogP contribution in [0.25, 0.3) is 0 Å². The minimum Gasteiger partial charge on any atom is -0.397 e. The predicted octanol–water partition coefficient (Wildman–Crippen LogP) is 2.51. The first-order valence-corrected chi connectivity index (χ1v) is 6.39. The number of nitrogens with two attached hydrogens (primary N) is 1. The highest BCUT2D eigenvalue weighted by atomic mass is 32.2. The summed E-state index contributed by atoms with van der Waals surface area (Å²) in [5, 5.41) is 0.958. The first kappa shape index (κ1) is 10.7. The molecule has 1 rings (SSSR count). The minimum atomic E-state index is 0.786. The van der Waals surface area contributed by atoms with Crippen molar-refractivity contribution in [3.63, 3.8) is 0 Å². The fraction of sp³-hybridized carbons (Fsp3) is 0.444. The normalized spacial score (nSPS) is 10.2. The molecule has 0 saturated carbocycles. The average molecular weight is 214 g/mol. The fourth-order valence-electron chi connectivity index (χ4n) is 0.865. The maximum Gasteiger partial charge on any atom is 0.119 e. The van der Waals surface area contributed by atoms with Gasteiger partial charge in [0.2, 0.25) is 0 Å². The zero-order chi connectivity index (χ0) is 9.52. The Balaban J connectivity index is 2.32. The molecule has 1 aromatic rings. The topological polar surface area (TPSA) is 38.9 Å². The lowest BCUT2D eigenvalue weighted by atomic mass is 10.4. The molecule has 0 aliphatic heterocycles. The van der Waals surface area contributed by atoms with Gasteiger partial charge in [-0.25, -0.2) is 4.98 Å². The molecule has 2 N–H and O–H groups in total. The van der Waals surface area contributed by atoms with Crippen molar-refractivity contribution >= 4 is 29.2 Å². The van der Waals surface area contributed by atoms with Crippen LogP contribution in [0.15, 0.2) is 23.4 Å². The molecule has 0 unspecified atom stereocenters. The zero-order valence-corrected chi connectivity index (χ0v) is 9.33. The molecule has 0 aliphatic rings. The molecule has 4 heteroatoms. The number of nitrogens with zero attached hydrogens (tertiary/aromatic N) is 1. The highest BCUT2D eigenvalue weighted by Crippen LogP contribution is 2.22. The van der Waals surface area contributed by atoms with E-state index in [2.05, 4.69) is 11.9 Å². The second-order valence-corrected chi connectivity index (χ2v) is 4.92. The smallest absolute Gasteiger partial charge is 0.119 e. The molecule has 0 aromatic carbocycles. The van der Waals surface area contributed by atoms with E-state index in [4.69, 9.17) is 5.73 Å². The molecule has 0 saturated heterocycles. The molecular weight excluding hydrogens is 200 g/mol. The van der Waals surface area contributed by atoms with Crippen LogP contribution in [0.5, 0.6) is 0 Å². The number of rotatable bonds is 5. The Kier molecular flexibility index (Phi) is 5.08. The molecule has 2 nitrogen and oxygen atoms in total. The van der Waals surface area contributed by atoms with E-state index in [0.717, 1.165) is 22.2 Å². The molecule has 1 aromatic heterocycles. The summed E-state index contributed by atoms with van der Waals surface area (Å²) in [5.41, 5.74) is 6.53. The summed E-state index contributed by atoms with van der Waals surface area (Å²) >= 11 is 3.67. The first-order valence-electron chi connectivity index (χ1n) is 4.25. The van der Waals surface area contributed by atoms with Gasteiger partial charge in [0.15, 0.2) is 0 Å². The Labute approximate surface area is 87.7 Å². The Morgan fingerprint density at radius 2 is 2.31 bits per heavy atom. The molecule has 0 spiro atoms. The summed E-state index contributed by atoms with van der Waals surface area (Å²) in [6, 6.07) is 3.75. The van der Waals surface area contributed by atoms with Crippen molar-refractivity contribution < 1.29 is 0 Å². The predicted molar refractivity (Wildman–Crippen MR) is 62.4 cm³/mol. The van der Waals surface area contributed by atoms with Crippen LogP contribution in [0.4, 0.5) is 5.69 Å². The van der Waals surface area contributed by atoms with Gasteiger partial charge in [-0.2, -0.15) is 11.8 Å². The molecule has 0 amide bonds. The summed E-state index contributed by atoms with van der Waals surface area (Å²) in [5.74, 6) is 3.43. The van der Waals surface area contributed by atoms with E-state index in [0.29, 0.717) is 0 Å². The third-order valence-electron chi connectivity index (χ3n) is 1.47. The lowest BCUT2D eigenvalue weighted by molar-refractivity contribution is 1.14. The number of aromatic nitrogens is 1. The van der Waals surface area contributed by atoms with Gasteiger partial charge in [-0.05, 0) is 17.9 Å². The second-order valence-electron chi connectivity index (χ2n) is 2.44. The van der Waals surface area contributed by atoms with Crippen LogP contribution in [-0.2, 0) is 0 Å². The highest BCUT2D eigenvalue weighted by Gasteiger charge is 1.98. The third kappa shape index (κ3) is 3.91. The summed E-state index contributed by atoms with van der Waals surface area (Å²) in [4.78, 5) is 4.20. The molecule has 1 heterocycles. The number of hydrogen-bond donors (Lipinski definition) is 1. The number of hydrogen-bond acceptors (Lipinski definition) is 4. The lowest BCUT2D eigenvalue weighted by Gasteiger charge is -2.02. The average Bonchev–Trinajstić information content (AvgIpc) is 2.15. The number of pyridine rings is 1. The van der Waals surface area contributed by atoms with E-state index >= 15 is 0 Å². The van der Waals surface area contributed by atoms with E-state index in [-0.39, 0.29) is 0 Å². The summed E-state index contributed by atoms with van der Waals surface area (Å²) < 4.78 is 0. The highest BCUT2D eigenvalue weighted by molar-refractivity contribution is 8.02. The van der Waals surface area contributed by atoms with Gasteiger partial charge in [0.25, 0.3) is 0 Å². The maximum absolute atomic E-state index is 5.75. The fourth-order valence-corrected chi connectivity index (χ4v) is 2.52. The second kappa shape index (κ2) is 6.16. The van der Waals surface area contributed by atoms with Crippen molar-refractivity contribution in [2.45, 2.75) is 11.9 Å². The molecule has 0 fully saturated rings. The van der Waals surface area contributed by atoms with Gasteiger partial charge in [-0.3, -0.25) is 0 Å². The van der Waals surface area contributed by atoms with Crippen molar-refractivity contribution in [1.82, 2.24) is 4.98 Å². The largest absolute Gasteiger partial charge is 0.397 e. The quantitative estimate of drug-likeness (QED) is 0.604. The van der Waals surface area contributed by atoms with E-state index in [1.807, 2.05) is 23.9 Å². The van der Waals surface area contributed by atoms with Crippen LogP contribution >= 0.6 is 23.5 Å². The van der Waals surface area contributed by atoms with Crippen LogP contribution in [-0.4, -0.2) is 22.2 Å². The van der Waals surface area contributed by atoms with Gasteiger partial charge in [0.05, 0.1) is 5.69 Å². The van der Waals surface area contributed by atoms with Crippen LogP contribution in [0.3, 0.4) is 0 Å². The standard InChI is InChI=1S/C9H14N2S2/c1-2-12-6-7-13-9-8(10)4-3-5-11-9/h3-5H,2,6-7,10H2,1H3. The van der Waals surface area contributed by atoms with Crippen LogP contribution in [0.1, 0.15) is 6.92 Å². The van der Waals surface area contributed by atoms with Crippen molar-refractivity contribution in [1.29, 1.82) is 0 Å². The Bertz CT molecular complexity index is 253. The van der Waals surface area contributed by atoms with Gasteiger partial charge in [-0.15, -0.1) is 11.8 Å². The molecule has 13 heavy (non-hydrogen) atoms. The van der Waals surface area contributed by atoms with Gasteiger partial charge in [0, 0.05) is 17.7 Å². The summed E-state index contributed by atoms with van der Waals surface area (Å²) in [6.07, 6.45) is 1.78. The van der Waals surface area contributed by atoms with Crippen LogP contribution in [0.2, 0.25) is 0 Å². The monoisotopic (exact) mass is 214 g/mol. The van der Waals surface area contributed by atoms with Crippen molar-refractivity contribution in [3.05, 3.63) is 18.3 Å². The van der Waals surface area contributed by atoms with Gasteiger partial charge in [-0.1, -0.05) is 6.92 Å². The lowest BCUT2D eigenvalue weighted by Crippen LogP contribution is -1.92. The van der Waals surface area contributed by atoms with Crippen LogP contribution in [0, 0.1) is 0 Å². The minimum absolute atomic E-state index is 0.786. The zero-order valence-electron chi connectivity index (χ0n) is 7.69. The number of nitrogen functional groups attached to an aromatic ring is 1. The number of anilines is 1. The Morgan fingerprint density at radius 3 is 3.00 bits per heavy atom. The van der Waals surface area contributed by atoms with Crippen LogP contribution < -0.4 is 5.73 Å². The molecule has 0 bridgehead atoms. The Morgan fingerprint density at radius 1 is 1.46 bits per heavy atom. The SMILES string of the molecule is CCSCCSc1ncccc1N. The Hall–Kier alpha value is -0.350. The summed E-state index contributed by atoms with van der Waals surface area (Å²) in [6.45, 7) is 2.17. The van der Waals surface area contributed by atoms with Gasteiger partial charge >= 0.3 is 0 Å². The molecule has 72 valence electrons. The van der Waals surface area contributed by atoms with E-state index < -0.39 is 0 Å². The third-order valence-corrected chi connectivity index (χ3v) is 3.65. The van der Waals surface area contributed by atoms with E-state index in [9.17, 15) is 0 Å². The van der Waals surface area contributed by atoms with E-state index in [1.165, 1.54) is 5.75 Å². The van der Waals surface area contributed by atoms with E-state index in [1.54, 1.807) is 18.0 Å². The molecule has 0 radical (unpaired) electrons. The van der Waals surface area contributed by atoms with Gasteiger partial charge in [0.1, 0.15) is 5.03 Å². The maximum atomic E-state index is 5.75. The van der Waals surface area contributed by atoms with Crippen molar-refractivity contribution in [3.8, 4) is 0 Å². The molecular formula is C9H14N2S2. The van der Waals surface area contributed by atoms with Gasteiger partial charge < -0.3 is 5.73 Å². The van der Waals surface area contributed by atoms with Crippen molar-refractivity contribution in [2.24, 2.45) is 0 Å². The van der Waals surface area contributed by atoms with Crippen molar-refractivity contribution in [2.75, 3.05) is 23.0 Å².